The maximum absolute atomic E-state index is 8.83. The van der Waals surface area contributed by atoms with Gasteiger partial charge in [0.15, 0.2) is 0 Å². The summed E-state index contributed by atoms with van der Waals surface area (Å²) in [5.41, 5.74) is 0. The number of rotatable bonds is 1. The zero-order valence-electron chi connectivity index (χ0n) is 4.32. The van der Waals surface area contributed by atoms with Crippen LogP contribution in [0.5, 0.6) is 0 Å². The van der Waals surface area contributed by atoms with Crippen LogP contribution >= 0.6 is 0 Å². The van der Waals surface area contributed by atoms with E-state index in [1.165, 1.54) is 13.6 Å². The average molecular weight is 113 g/mol. The molecule has 0 aliphatic rings. The van der Waals surface area contributed by atoms with Crippen molar-refractivity contribution in [3.8, 4) is 0 Å². The molecule has 0 aromatic carbocycles. The topological polar surface area (TPSA) is 26.3 Å². The van der Waals surface area contributed by atoms with E-state index in [1.54, 1.807) is 0 Å². The summed E-state index contributed by atoms with van der Waals surface area (Å²) in [6.07, 6.45) is 0. The molecule has 0 unspecified atom stereocenters. The van der Waals surface area contributed by atoms with E-state index >= 15 is 0 Å². The van der Waals surface area contributed by atoms with Gasteiger partial charge in [0.05, 0.1) is 0 Å². The molecule has 2 nitrogen and oxygen atoms in total. The molecule has 0 amide bonds. The Hall–Kier alpha value is 1.11. The fourth-order valence-corrected chi connectivity index (χ4v) is 0. The minimum Gasteiger partial charge on any atom is -0.655 e. The maximum atomic E-state index is 8.83. The monoisotopic (exact) mass is 113 g/mol. The van der Waals surface area contributed by atoms with Crippen LogP contribution in [-0.2, 0) is 9.53 Å². The summed E-state index contributed by atoms with van der Waals surface area (Å²) in [5, 5.41) is 0. The first-order chi connectivity index (χ1) is 1.91. The van der Waals surface area contributed by atoms with Gasteiger partial charge in [0.25, 0.3) is 0 Å². The van der Waals surface area contributed by atoms with E-state index < -0.39 is 0 Å². The molecule has 0 N–H and O–H groups in total. The van der Waals surface area contributed by atoms with E-state index in [2.05, 4.69) is 4.74 Å². The van der Waals surface area contributed by atoms with Crippen LogP contribution in [0.4, 0.5) is 0 Å². The third kappa shape index (κ3) is 19.4. The van der Waals surface area contributed by atoms with Gasteiger partial charge in [-0.3, -0.25) is 0 Å². The number of hydrogen-bond acceptors (Lipinski definition) is 2. The standard InChI is InChI=1S/C2H3O2.CH3.K/c1-4-2-3;;/h1H3;1H3;/q2*-1;+1. The quantitative estimate of drug-likeness (QED) is 0.270. The largest absolute Gasteiger partial charge is 1.00 e. The summed E-state index contributed by atoms with van der Waals surface area (Å²) in [6.45, 7) is 1.18. The number of carbonyl (C=O) groups excluding carboxylic acids is 1. The summed E-state index contributed by atoms with van der Waals surface area (Å²) in [4.78, 5) is 8.83. The van der Waals surface area contributed by atoms with Crippen molar-refractivity contribution in [2.24, 2.45) is 0 Å². The van der Waals surface area contributed by atoms with Gasteiger partial charge in [-0.2, -0.15) is 0 Å². The van der Waals surface area contributed by atoms with Gasteiger partial charge in [0, 0.05) is 7.11 Å². The molecule has 0 spiro atoms. The molecule has 6 heavy (non-hydrogen) atoms. The zero-order chi connectivity index (χ0) is 3.41. The third-order valence-electron chi connectivity index (χ3n) is 0.0833. The average Bonchev–Trinajstić information content (AvgIpc) is 1.37. The van der Waals surface area contributed by atoms with Crippen molar-refractivity contribution in [1.29, 1.82) is 0 Å². The fraction of sp³-hybridized carbons (Fsp3) is 0.333. The summed E-state index contributed by atoms with van der Waals surface area (Å²) in [7, 11) is 1.26. The molecule has 0 bridgehead atoms. The van der Waals surface area contributed by atoms with Gasteiger partial charge in [-0.05, 0) is 0 Å². The summed E-state index contributed by atoms with van der Waals surface area (Å²) >= 11 is 0. The smallest absolute Gasteiger partial charge is 0.655 e. The van der Waals surface area contributed by atoms with Gasteiger partial charge in [-0.25, -0.2) is 0 Å². The molecule has 0 fully saturated rings. The Morgan fingerprint density at radius 2 is 1.83 bits per heavy atom. The minimum atomic E-state index is 0. The van der Waals surface area contributed by atoms with E-state index in [4.69, 9.17) is 4.79 Å². The van der Waals surface area contributed by atoms with Gasteiger partial charge in [0.2, 0.25) is 0 Å². The van der Waals surface area contributed by atoms with Gasteiger partial charge < -0.3 is 17.0 Å². The van der Waals surface area contributed by atoms with Gasteiger partial charge in [0.1, 0.15) is 0 Å². The predicted octanol–water partition coefficient (Wildman–Crippen LogP) is -2.85. The van der Waals surface area contributed by atoms with Crippen LogP contribution in [0.15, 0.2) is 0 Å². The summed E-state index contributed by atoms with van der Waals surface area (Å²) in [6, 6.07) is 0. The third-order valence-corrected chi connectivity index (χ3v) is 0.0833. The van der Waals surface area contributed by atoms with E-state index in [0.717, 1.165) is 0 Å². The summed E-state index contributed by atoms with van der Waals surface area (Å²) in [5.74, 6) is 0. The van der Waals surface area contributed by atoms with E-state index in [0.29, 0.717) is 0 Å². The van der Waals surface area contributed by atoms with Crippen molar-refractivity contribution in [2.45, 2.75) is 0 Å². The van der Waals surface area contributed by atoms with E-state index in [1.807, 2.05) is 0 Å². The Bertz CT molecular complexity index is 22.8. The van der Waals surface area contributed by atoms with Crippen LogP contribution in [0, 0.1) is 7.43 Å². The van der Waals surface area contributed by atoms with E-state index in [9.17, 15) is 0 Å². The number of ether oxygens (including phenoxy) is 1. The van der Waals surface area contributed by atoms with E-state index in [-0.39, 0.29) is 58.8 Å². The fourth-order valence-electron chi connectivity index (χ4n) is 0. The van der Waals surface area contributed by atoms with Crippen LogP contribution in [-0.4, -0.2) is 13.6 Å². The number of methoxy groups -OCH3 is 1. The molecular formula is C3H6KO2-. The van der Waals surface area contributed by atoms with Gasteiger partial charge >= 0.3 is 51.4 Å². The molecule has 0 aromatic rings. The van der Waals surface area contributed by atoms with Crippen molar-refractivity contribution in [2.75, 3.05) is 7.11 Å². The molecule has 0 saturated heterocycles. The Balaban J connectivity index is -0.0000000450. The Morgan fingerprint density at radius 1 is 1.67 bits per heavy atom. The Kier molecular flexibility index (Phi) is 43.2. The molecule has 32 valence electrons. The van der Waals surface area contributed by atoms with Crippen molar-refractivity contribution >= 4 is 6.47 Å². The number of hydrogen-bond donors (Lipinski definition) is 0. The second-order valence-corrected chi connectivity index (χ2v) is 0.287. The predicted molar refractivity (Wildman–Crippen MR) is 19.1 cm³/mol. The molecule has 0 aliphatic heterocycles. The minimum absolute atomic E-state index is 0. The molecule has 0 aliphatic carbocycles. The van der Waals surface area contributed by atoms with Crippen LogP contribution in [0.25, 0.3) is 0 Å². The van der Waals surface area contributed by atoms with Gasteiger partial charge in [-0.1, -0.05) is 6.47 Å². The van der Waals surface area contributed by atoms with Crippen LogP contribution in [0.2, 0.25) is 0 Å². The first kappa shape index (κ1) is 15.7. The molecule has 0 heterocycles. The SMILES string of the molecule is CO[C-]=O.[CH3-].[K+]. The summed E-state index contributed by atoms with van der Waals surface area (Å²) < 4.78 is 3.74. The molecule has 3 heteroatoms. The van der Waals surface area contributed by atoms with Crippen LogP contribution in [0.3, 0.4) is 0 Å². The second kappa shape index (κ2) is 16.5. The van der Waals surface area contributed by atoms with Crippen molar-refractivity contribution in [3.63, 3.8) is 0 Å². The van der Waals surface area contributed by atoms with Crippen molar-refractivity contribution in [1.82, 2.24) is 0 Å². The van der Waals surface area contributed by atoms with Gasteiger partial charge in [-0.15, -0.1) is 0 Å². The van der Waals surface area contributed by atoms with Crippen molar-refractivity contribution < 1.29 is 60.9 Å². The van der Waals surface area contributed by atoms with Crippen LogP contribution in [0.1, 0.15) is 0 Å². The normalized spacial score (nSPS) is 3.50. The molecular weight excluding hydrogens is 107 g/mol. The second-order valence-electron chi connectivity index (χ2n) is 0.287. The van der Waals surface area contributed by atoms with Crippen LogP contribution < -0.4 is 51.4 Å². The molecule has 0 saturated carbocycles. The first-order valence-corrected chi connectivity index (χ1v) is 0.816. The zero-order valence-corrected chi connectivity index (χ0v) is 7.44. The molecule has 0 rings (SSSR count). The molecule has 0 aromatic heterocycles. The Labute approximate surface area is 80.7 Å². The molecule has 0 atom stereocenters. The molecule has 0 radical (unpaired) electrons. The first-order valence-electron chi connectivity index (χ1n) is 0.816. The Morgan fingerprint density at radius 3 is 1.83 bits per heavy atom. The van der Waals surface area contributed by atoms with Crippen molar-refractivity contribution in [3.05, 3.63) is 7.43 Å². The maximum Gasteiger partial charge on any atom is 1.00 e.